The number of nitrogens with zero attached hydrogens (tertiary/aromatic N) is 3. The first-order chi connectivity index (χ1) is 71.3. The van der Waals surface area contributed by atoms with Gasteiger partial charge in [-0.1, -0.05) is 82.3 Å². The summed E-state index contributed by atoms with van der Waals surface area (Å²) in [5, 5.41) is 29.9. The van der Waals surface area contributed by atoms with E-state index in [2.05, 4.69) is 31.9 Å². The smallest absolute Gasteiger partial charge is 0.303 e. The van der Waals surface area contributed by atoms with E-state index in [1.54, 1.807) is 88.4 Å². The fourth-order valence-electron chi connectivity index (χ4n) is 18.2. The fraction of sp³-hybridized carbons (Fsp3) is 0.663. The molecule has 7 N–H and O–H groups in total. The summed E-state index contributed by atoms with van der Waals surface area (Å²) in [4.78, 5) is 227. The van der Waals surface area contributed by atoms with Crippen LogP contribution >= 0.6 is 0 Å². The summed E-state index contributed by atoms with van der Waals surface area (Å²) in [6, 6.07) is 19.6. The van der Waals surface area contributed by atoms with Gasteiger partial charge in [-0.05, 0) is 92.3 Å². The number of ether oxygens (including phenoxy) is 19. The maximum Gasteiger partial charge on any atom is 0.303 e. The van der Waals surface area contributed by atoms with Gasteiger partial charge in [0.2, 0.25) is 47.3 Å². The number of nitrogens with one attached hydrogen (secondary N) is 6. The Labute approximate surface area is 874 Å². The van der Waals surface area contributed by atoms with Gasteiger partial charge in [-0.15, -0.1) is 0 Å². The van der Waals surface area contributed by atoms with Crippen molar-refractivity contribution in [3.63, 3.8) is 0 Å². The Morgan fingerprint density at radius 1 is 0.340 bits per heavy atom. The molecule has 4 aliphatic rings. The fourth-order valence-corrected chi connectivity index (χ4v) is 18.2. The van der Waals surface area contributed by atoms with Crippen LogP contribution in [0, 0.1) is 23.7 Å². The number of aliphatic hydroxyl groups is 1. The molecule has 4 heterocycles. The van der Waals surface area contributed by atoms with Gasteiger partial charge in [-0.3, -0.25) is 81.5 Å². The molecule has 7 rings (SSSR count). The molecule has 3 aromatic rings. The largest absolute Gasteiger partial charge is 0.497 e. The van der Waals surface area contributed by atoms with Crippen LogP contribution in [0.3, 0.4) is 0 Å². The lowest BCUT2D eigenvalue weighted by Crippen LogP contribution is -2.62. The van der Waals surface area contributed by atoms with E-state index in [0.717, 1.165) is 0 Å². The van der Waals surface area contributed by atoms with Gasteiger partial charge in [-0.25, -0.2) is 0 Å². The molecule has 0 bridgehead atoms. The SMILES string of the molecule is COc1ccc(C(OCC(O)C(=O)N(CCN(CCNC(=O)CCCCO[C@@H]2OC(COC(C)=O)[C@H](OC(C)=O)[C@H](C)C2NC(C)=O)C(=O)CCCCO[C@@H]2OC(COC(C)=O)[C@H](OC(C)=O)[C@H](C)C2NC(C)=O)CCN(CCNC(=O)CCCCO[C@@H]2OC(COC(C)=O)[C@H](OC(C)=O)[C@H](C)C2NC(C)=O)C(=O)CCCCO[C@@H]2OC(COC(C)=O)[C@H](OC(C)=O)[C@H](C)C2NC(C)=O)(c2ccccc2)c2ccc(OC)cc2)cc1. The highest BCUT2D eigenvalue weighted by atomic mass is 16.7. The summed E-state index contributed by atoms with van der Waals surface area (Å²) in [5.41, 5.74) is 0.0722. The number of benzene rings is 3. The van der Waals surface area contributed by atoms with Crippen LogP contribution in [0.5, 0.6) is 11.5 Å². The zero-order valence-corrected chi connectivity index (χ0v) is 89.1. The quantitative estimate of drug-likeness (QED) is 0.0179. The number of hydrogen-bond acceptors (Lipinski definition) is 37. The van der Waals surface area contributed by atoms with Crippen LogP contribution in [0.1, 0.15) is 205 Å². The molecule has 9 amide bonds. The highest BCUT2D eigenvalue weighted by molar-refractivity contribution is 5.82. The summed E-state index contributed by atoms with van der Waals surface area (Å²) in [6.45, 7) is 17.5. The van der Waals surface area contributed by atoms with E-state index in [0.29, 0.717) is 28.2 Å². The molecule has 0 aromatic heterocycles. The maximum atomic E-state index is 15.9. The molecule has 21 atom stereocenters. The van der Waals surface area contributed by atoms with Gasteiger partial charge < -0.3 is 142 Å². The Morgan fingerprint density at radius 3 is 0.867 bits per heavy atom. The average Bonchev–Trinajstić information content (AvgIpc) is 0.750. The number of amides is 9. The second kappa shape index (κ2) is 63.9. The Kier molecular flexibility index (Phi) is 53.1. The van der Waals surface area contributed by atoms with Gasteiger partial charge in [0.1, 0.15) is 92.4 Å². The van der Waals surface area contributed by atoms with E-state index in [1.807, 2.05) is 18.2 Å². The molecule has 3 aromatic carbocycles. The number of rotatable bonds is 61. The van der Waals surface area contributed by atoms with Crippen molar-refractivity contribution in [2.24, 2.45) is 23.7 Å². The molecule has 46 heteroatoms. The molecule has 0 aliphatic carbocycles. The number of carbonyl (C=O) groups is 17. The van der Waals surface area contributed by atoms with E-state index in [9.17, 15) is 72.2 Å². The second-order valence-electron chi connectivity index (χ2n) is 37.4. The summed E-state index contributed by atoms with van der Waals surface area (Å²) in [6.07, 6.45) is -13.4. The third-order valence-corrected chi connectivity index (χ3v) is 25.6. The third-order valence-electron chi connectivity index (χ3n) is 25.6. The molecule has 4 saturated heterocycles. The Hall–Kier alpha value is -12.2. The standard InChI is InChI=1S/C104H153N9O37/c1-61-91(107-65(5)114)100(147-83(57-138-69(9)118)95(61)143-73(13)122)134-52-26-22-32-87(127)105-44-46-111(89(129)34-24-28-54-136-102-93(109-67(7)116)63(3)97(145-75(15)124)85(149-102)59-140-71(11)120)48-50-113(99(131)82(126)56-142-104(77-30-20-19-21-31-77,78-36-40-80(132-17)41-37-78)79-38-42-81(133-18)43-39-79)51-49-112(90(130)35-25-29-55-137-103-94(110-68(8)117)64(4)98(146-76(16)125)86(150-103)60-141-72(12)121)47-45-106-88(128)33-23-27-53-135-101-92(108-66(6)115)62(2)96(144-74(14)123)84(148-101)58-139-70(10)119/h19-21,30-31,36-43,61-64,82-86,91-98,100-103,126H,22-29,32-35,44-60H2,1-18H3,(H,105,127)(H,106,128)(H,107,114)(H,108,115)(H,109,116)(H,110,117)/t61-,62-,63-,64-,82?,83?,84?,85?,86?,91?,92?,93?,94?,95-,96-,97-,98-,100-,101-,102-,103-/m1/s1. The van der Waals surface area contributed by atoms with Crippen LogP contribution < -0.4 is 41.4 Å². The summed E-state index contributed by atoms with van der Waals surface area (Å²) in [7, 11) is 3.02. The molecular weight excluding hydrogens is 1970 g/mol. The van der Waals surface area contributed by atoms with Crippen molar-refractivity contribution >= 4 is 101 Å². The first-order valence-corrected chi connectivity index (χ1v) is 50.8. The van der Waals surface area contributed by atoms with Gasteiger partial charge in [0.05, 0.1) is 45.0 Å². The molecule has 46 nitrogen and oxygen atoms in total. The number of carbonyl (C=O) groups excluding carboxylic acids is 17. The van der Waals surface area contributed by atoms with Crippen molar-refractivity contribution in [1.82, 2.24) is 46.6 Å². The van der Waals surface area contributed by atoms with Crippen LogP contribution in [-0.4, -0.2) is 351 Å². The van der Waals surface area contributed by atoms with Crippen molar-refractivity contribution < 1.29 is 177 Å². The minimum Gasteiger partial charge on any atom is -0.497 e. The molecule has 0 saturated carbocycles. The first-order valence-electron chi connectivity index (χ1n) is 50.8. The van der Waals surface area contributed by atoms with Crippen LogP contribution in [0.25, 0.3) is 0 Å². The monoisotopic (exact) mass is 2120 g/mol. The van der Waals surface area contributed by atoms with Gasteiger partial charge in [0, 0.05) is 211 Å². The lowest BCUT2D eigenvalue weighted by molar-refractivity contribution is -0.262. The Balaban J connectivity index is 1.22. The van der Waals surface area contributed by atoms with Crippen molar-refractivity contribution in [2.45, 2.75) is 298 Å². The number of esters is 8. The van der Waals surface area contributed by atoms with Crippen molar-refractivity contribution in [3.8, 4) is 11.5 Å². The maximum absolute atomic E-state index is 15.9. The normalized spacial score (nSPS) is 23.6. The van der Waals surface area contributed by atoms with Crippen LogP contribution in [-0.2, 0) is 168 Å². The summed E-state index contributed by atoms with van der Waals surface area (Å²) < 4.78 is 112. The van der Waals surface area contributed by atoms with E-state index >= 15 is 14.4 Å². The number of hydrogen-bond donors (Lipinski definition) is 7. The Bertz CT molecular complexity index is 4600. The van der Waals surface area contributed by atoms with E-state index in [1.165, 1.54) is 112 Å². The topological polar surface area (TPSA) is 568 Å². The molecular formula is C104H153N9O37. The highest BCUT2D eigenvalue weighted by Gasteiger charge is 2.52. The van der Waals surface area contributed by atoms with Crippen LogP contribution in [0.4, 0.5) is 0 Å². The van der Waals surface area contributed by atoms with Gasteiger partial charge in [-0.2, -0.15) is 0 Å². The molecule has 150 heavy (non-hydrogen) atoms. The van der Waals surface area contributed by atoms with Crippen molar-refractivity contribution in [3.05, 3.63) is 95.6 Å². The van der Waals surface area contributed by atoms with Crippen molar-refractivity contribution in [1.29, 1.82) is 0 Å². The number of aliphatic hydroxyl groups excluding tert-OH is 1. The number of methoxy groups -OCH3 is 2. The minimum absolute atomic E-state index is 0.00275. The highest BCUT2D eigenvalue weighted by Crippen LogP contribution is 2.43. The third kappa shape index (κ3) is 40.9. The minimum atomic E-state index is -2.02. The second-order valence-corrected chi connectivity index (χ2v) is 37.4. The summed E-state index contributed by atoms with van der Waals surface area (Å²) >= 11 is 0. The molecule has 0 spiro atoms. The lowest BCUT2D eigenvalue weighted by Gasteiger charge is -2.44. The zero-order valence-electron chi connectivity index (χ0n) is 89.1. The van der Waals surface area contributed by atoms with Crippen molar-refractivity contribution in [2.75, 3.05) is 126 Å². The predicted octanol–water partition coefficient (Wildman–Crippen LogP) is 4.28. The van der Waals surface area contributed by atoms with Crippen LogP contribution in [0.15, 0.2) is 78.9 Å². The molecule has 4 fully saturated rings. The zero-order chi connectivity index (χ0) is 110. The summed E-state index contributed by atoms with van der Waals surface area (Å²) in [5.74, 6) is -11.2. The average molecular weight is 2120 g/mol. The van der Waals surface area contributed by atoms with Gasteiger partial charge >= 0.3 is 47.8 Å². The molecule has 836 valence electrons. The number of unbranched alkanes of at least 4 members (excludes halogenated alkanes) is 4. The lowest BCUT2D eigenvalue weighted by atomic mass is 9.80. The van der Waals surface area contributed by atoms with E-state index in [-0.39, 0.29) is 182 Å². The Morgan fingerprint density at radius 2 is 0.607 bits per heavy atom. The molecule has 0 radical (unpaired) electrons. The van der Waals surface area contributed by atoms with Crippen LogP contribution in [0.2, 0.25) is 0 Å². The predicted molar refractivity (Wildman–Crippen MR) is 530 cm³/mol. The van der Waals surface area contributed by atoms with E-state index < -0.39 is 241 Å². The molecule has 9 unspecified atom stereocenters. The van der Waals surface area contributed by atoms with E-state index in [4.69, 9.17) is 90.0 Å². The van der Waals surface area contributed by atoms with Gasteiger partial charge in [0.15, 0.2) is 31.3 Å². The van der Waals surface area contributed by atoms with Gasteiger partial charge in [0.25, 0.3) is 5.91 Å². The molecule has 4 aliphatic heterocycles. The first kappa shape index (κ1) is 125.